The zero-order chi connectivity index (χ0) is 16.7. The van der Waals surface area contributed by atoms with Crippen LogP contribution < -0.4 is 5.32 Å². The summed E-state index contributed by atoms with van der Waals surface area (Å²) in [5.41, 5.74) is 0.163. The Labute approximate surface area is 138 Å². The largest absolute Gasteiger partial charge is 0.469 e. The van der Waals surface area contributed by atoms with Crippen molar-refractivity contribution in [2.24, 2.45) is 17.8 Å². The molecule has 7 heteroatoms. The summed E-state index contributed by atoms with van der Waals surface area (Å²) >= 11 is 0. The maximum atomic E-state index is 12.7. The third kappa shape index (κ3) is 2.31. The van der Waals surface area contributed by atoms with E-state index in [9.17, 15) is 9.59 Å². The highest BCUT2D eigenvalue weighted by molar-refractivity contribution is 5.97. The fourth-order valence-corrected chi connectivity index (χ4v) is 4.18. The lowest BCUT2D eigenvalue weighted by Crippen LogP contribution is -2.47. The molecule has 2 aromatic rings. The van der Waals surface area contributed by atoms with Crippen LogP contribution in [-0.2, 0) is 9.53 Å². The van der Waals surface area contributed by atoms with Crippen LogP contribution in [0.25, 0.3) is 11.5 Å². The number of hydrogen-bond acceptors (Lipinski definition) is 6. The number of rotatable bonds is 4. The number of amides is 1. The summed E-state index contributed by atoms with van der Waals surface area (Å²) in [5.74, 6) is 0.430. The van der Waals surface area contributed by atoms with Crippen molar-refractivity contribution in [3.63, 3.8) is 0 Å². The zero-order valence-corrected chi connectivity index (χ0v) is 13.2. The van der Waals surface area contributed by atoms with E-state index < -0.39 is 0 Å². The molecule has 4 rings (SSSR count). The Morgan fingerprint density at radius 2 is 2.12 bits per heavy atom. The van der Waals surface area contributed by atoms with Crippen molar-refractivity contribution in [1.82, 2.24) is 10.3 Å². The highest BCUT2D eigenvalue weighted by Gasteiger charge is 2.52. The second kappa shape index (κ2) is 5.81. The average Bonchev–Trinajstić information content (AvgIpc) is 3.36. The molecule has 2 aromatic heterocycles. The molecule has 2 fully saturated rings. The smallest absolute Gasteiger partial charge is 0.311 e. The van der Waals surface area contributed by atoms with Gasteiger partial charge in [0, 0.05) is 6.04 Å². The number of oxazole rings is 1. The lowest BCUT2D eigenvalue weighted by molar-refractivity contribution is -0.148. The molecule has 2 aliphatic rings. The number of carbonyl (C=O) groups excluding carboxylic acids is 2. The number of hydrogen-bond donors (Lipinski definition) is 1. The molecular weight excluding hydrogens is 312 g/mol. The summed E-state index contributed by atoms with van der Waals surface area (Å²) in [6, 6.07) is 3.19. The highest BCUT2D eigenvalue weighted by Crippen LogP contribution is 2.49. The van der Waals surface area contributed by atoms with Crippen LogP contribution >= 0.6 is 0 Å². The van der Waals surface area contributed by atoms with E-state index in [1.807, 2.05) is 0 Å². The Hall–Kier alpha value is -2.57. The maximum Gasteiger partial charge on any atom is 0.311 e. The Balaban J connectivity index is 1.56. The van der Waals surface area contributed by atoms with E-state index in [-0.39, 0.29) is 41.2 Å². The molecule has 0 saturated heterocycles. The number of aromatic nitrogens is 1. The van der Waals surface area contributed by atoms with E-state index in [0.29, 0.717) is 11.7 Å². The van der Waals surface area contributed by atoms with E-state index in [1.165, 1.54) is 19.8 Å². The van der Waals surface area contributed by atoms with E-state index in [4.69, 9.17) is 13.6 Å². The van der Waals surface area contributed by atoms with Gasteiger partial charge in [0.1, 0.15) is 0 Å². The van der Waals surface area contributed by atoms with Crippen LogP contribution in [-0.4, -0.2) is 30.0 Å². The van der Waals surface area contributed by atoms with Gasteiger partial charge < -0.3 is 18.9 Å². The maximum absolute atomic E-state index is 12.7. The quantitative estimate of drug-likeness (QED) is 0.864. The van der Waals surface area contributed by atoms with Gasteiger partial charge in [-0.15, -0.1) is 0 Å². The topological polar surface area (TPSA) is 94.6 Å². The number of ether oxygens (including phenoxy) is 1. The predicted octanol–water partition coefficient (Wildman–Crippen LogP) is 2.25. The molecule has 0 radical (unpaired) electrons. The van der Waals surface area contributed by atoms with Crippen molar-refractivity contribution in [2.45, 2.75) is 25.3 Å². The number of nitrogens with one attached hydrogen (secondary N) is 1. The van der Waals surface area contributed by atoms with E-state index in [2.05, 4.69) is 10.3 Å². The molecule has 0 spiro atoms. The lowest BCUT2D eigenvalue weighted by atomic mass is 9.84. The molecule has 2 bridgehead atoms. The third-order valence-corrected chi connectivity index (χ3v) is 5.21. The highest BCUT2D eigenvalue weighted by atomic mass is 16.5. The first-order valence-corrected chi connectivity index (χ1v) is 8.05. The average molecular weight is 330 g/mol. The summed E-state index contributed by atoms with van der Waals surface area (Å²) in [5, 5.41) is 2.98. The fraction of sp³-hybridized carbons (Fsp3) is 0.471. The van der Waals surface area contributed by atoms with Gasteiger partial charge in [-0.2, -0.15) is 0 Å². The Bertz CT molecular complexity index is 751. The van der Waals surface area contributed by atoms with Crippen LogP contribution in [0.5, 0.6) is 0 Å². The monoisotopic (exact) mass is 330 g/mol. The number of nitrogens with zero attached hydrogens (tertiary/aromatic N) is 1. The van der Waals surface area contributed by atoms with Crippen molar-refractivity contribution < 1.29 is 23.2 Å². The first-order chi connectivity index (χ1) is 11.7. The molecule has 24 heavy (non-hydrogen) atoms. The molecule has 2 aliphatic carbocycles. The summed E-state index contributed by atoms with van der Waals surface area (Å²) in [6.45, 7) is 0. The molecule has 4 atom stereocenters. The van der Waals surface area contributed by atoms with E-state index >= 15 is 0 Å². The van der Waals surface area contributed by atoms with Crippen LogP contribution in [0, 0.1) is 17.8 Å². The molecule has 2 saturated carbocycles. The van der Waals surface area contributed by atoms with Gasteiger partial charge in [0.05, 0.1) is 19.3 Å². The van der Waals surface area contributed by atoms with Crippen LogP contribution in [0.2, 0.25) is 0 Å². The fourth-order valence-electron chi connectivity index (χ4n) is 4.18. The van der Waals surface area contributed by atoms with Gasteiger partial charge in [-0.1, -0.05) is 0 Å². The molecule has 0 unspecified atom stereocenters. The summed E-state index contributed by atoms with van der Waals surface area (Å²) in [6.07, 6.45) is 5.70. The third-order valence-electron chi connectivity index (χ3n) is 5.21. The second-order valence-electron chi connectivity index (χ2n) is 6.39. The first kappa shape index (κ1) is 15.0. The van der Waals surface area contributed by atoms with Crippen LogP contribution in [0.1, 0.15) is 29.8 Å². The van der Waals surface area contributed by atoms with E-state index in [1.54, 1.807) is 12.1 Å². The van der Waals surface area contributed by atoms with Gasteiger partial charge in [0.15, 0.2) is 17.8 Å². The van der Waals surface area contributed by atoms with Gasteiger partial charge in [-0.05, 0) is 43.2 Å². The number of furan rings is 1. The van der Waals surface area contributed by atoms with Crippen molar-refractivity contribution >= 4 is 11.9 Å². The van der Waals surface area contributed by atoms with Gasteiger partial charge in [-0.25, -0.2) is 4.98 Å². The summed E-state index contributed by atoms with van der Waals surface area (Å²) in [7, 11) is 1.39. The van der Waals surface area contributed by atoms with Crippen molar-refractivity contribution in [3.8, 4) is 11.5 Å². The van der Waals surface area contributed by atoms with E-state index in [0.717, 1.165) is 19.3 Å². The number of fused-ring (bicyclic) bond motifs is 2. The Kier molecular flexibility index (Phi) is 3.63. The minimum absolute atomic E-state index is 0.163. The molecule has 1 N–H and O–H groups in total. The molecule has 2 heterocycles. The van der Waals surface area contributed by atoms with Gasteiger partial charge >= 0.3 is 5.97 Å². The Morgan fingerprint density at radius 1 is 1.29 bits per heavy atom. The van der Waals surface area contributed by atoms with Crippen LogP contribution in [0.15, 0.2) is 33.6 Å². The predicted molar refractivity (Wildman–Crippen MR) is 81.8 cm³/mol. The Morgan fingerprint density at radius 3 is 2.88 bits per heavy atom. The van der Waals surface area contributed by atoms with Crippen molar-refractivity contribution in [2.75, 3.05) is 7.11 Å². The normalized spacial score (nSPS) is 28.0. The molecule has 126 valence electrons. The molecule has 1 amide bonds. The second-order valence-corrected chi connectivity index (χ2v) is 6.39. The summed E-state index contributed by atoms with van der Waals surface area (Å²) < 4.78 is 15.5. The van der Waals surface area contributed by atoms with Gasteiger partial charge in [0.25, 0.3) is 5.91 Å². The minimum Gasteiger partial charge on any atom is -0.469 e. The van der Waals surface area contributed by atoms with Crippen LogP contribution in [0.4, 0.5) is 0 Å². The number of esters is 1. The molecular formula is C17H18N2O5. The first-order valence-electron chi connectivity index (χ1n) is 8.05. The lowest BCUT2D eigenvalue weighted by Gasteiger charge is -2.29. The molecule has 7 nitrogen and oxygen atoms in total. The van der Waals surface area contributed by atoms with Gasteiger partial charge in [0.2, 0.25) is 5.76 Å². The van der Waals surface area contributed by atoms with Crippen molar-refractivity contribution in [3.05, 3.63) is 30.5 Å². The van der Waals surface area contributed by atoms with Crippen molar-refractivity contribution in [1.29, 1.82) is 0 Å². The van der Waals surface area contributed by atoms with Crippen LogP contribution in [0.3, 0.4) is 0 Å². The number of carbonyl (C=O) groups is 2. The van der Waals surface area contributed by atoms with Gasteiger partial charge in [-0.3, -0.25) is 9.59 Å². The minimum atomic E-state index is -0.360. The number of methoxy groups -OCH3 is 1. The molecule has 0 aliphatic heterocycles. The summed E-state index contributed by atoms with van der Waals surface area (Å²) in [4.78, 5) is 28.8. The molecule has 0 aromatic carbocycles. The SMILES string of the molecule is COC(=O)[C@H]1[C@H]2CC[C@@H](C2)[C@H]1NC(=O)c1ncoc1-c1ccco1. The zero-order valence-electron chi connectivity index (χ0n) is 13.2. The standard InChI is InChI=1S/C17H18N2O5/c1-22-17(21)12-9-4-5-10(7-9)13(12)19-16(20)14-15(24-8-18-14)11-3-2-6-23-11/h2-3,6,8-10,12-13H,4-5,7H2,1H3,(H,19,20)/t9-,10-,12-,13+/m0/s1.